The Morgan fingerprint density at radius 2 is 2.08 bits per heavy atom. The van der Waals surface area contributed by atoms with E-state index in [-0.39, 0.29) is 17.8 Å². The number of fused-ring (bicyclic) bond motifs is 1. The van der Waals surface area contributed by atoms with Crippen LogP contribution in [-0.4, -0.2) is 26.6 Å². The molecule has 25 heavy (non-hydrogen) atoms. The largest absolute Gasteiger partial charge is 0.345 e. The van der Waals surface area contributed by atoms with E-state index in [0.29, 0.717) is 5.82 Å². The molecule has 128 valence electrons. The van der Waals surface area contributed by atoms with E-state index in [1.165, 1.54) is 23.9 Å². The van der Waals surface area contributed by atoms with Gasteiger partial charge in [0.05, 0.1) is 22.5 Å². The van der Waals surface area contributed by atoms with E-state index in [1.807, 2.05) is 42.1 Å². The summed E-state index contributed by atoms with van der Waals surface area (Å²) in [5, 5.41) is 13.9. The van der Waals surface area contributed by atoms with Crippen LogP contribution in [0.5, 0.6) is 0 Å². The van der Waals surface area contributed by atoms with Gasteiger partial charge in [0.1, 0.15) is 11.4 Å². The highest BCUT2D eigenvalue weighted by atomic mass is 32.2. The number of rotatable bonds is 5. The molecule has 0 saturated heterocycles. The number of para-hydroxylation sites is 2. The van der Waals surface area contributed by atoms with Gasteiger partial charge in [0.25, 0.3) is 11.6 Å². The molecule has 0 saturated carbocycles. The van der Waals surface area contributed by atoms with Crippen molar-refractivity contribution in [1.82, 2.24) is 14.9 Å². The number of imidazole rings is 1. The van der Waals surface area contributed by atoms with E-state index in [9.17, 15) is 14.9 Å². The van der Waals surface area contributed by atoms with Crippen molar-refractivity contribution in [1.29, 1.82) is 0 Å². The van der Waals surface area contributed by atoms with Crippen LogP contribution in [0.4, 0.5) is 5.69 Å². The maximum absolute atomic E-state index is 12.5. The molecule has 3 aromatic rings. The first-order valence-electron chi connectivity index (χ1n) is 7.52. The van der Waals surface area contributed by atoms with Crippen LogP contribution < -0.4 is 5.32 Å². The van der Waals surface area contributed by atoms with Gasteiger partial charge < -0.3 is 9.88 Å². The molecule has 3 rings (SSSR count). The summed E-state index contributed by atoms with van der Waals surface area (Å²) in [4.78, 5) is 28.4. The Morgan fingerprint density at radius 3 is 2.76 bits per heavy atom. The second-order valence-electron chi connectivity index (χ2n) is 5.40. The third-order valence-electron chi connectivity index (χ3n) is 3.93. The Morgan fingerprint density at radius 1 is 1.32 bits per heavy atom. The summed E-state index contributed by atoms with van der Waals surface area (Å²) >= 11 is 1.42. The predicted octanol–water partition coefficient (Wildman–Crippen LogP) is 3.13. The number of benzene rings is 2. The number of hydrogen-bond donors (Lipinski definition) is 1. The van der Waals surface area contributed by atoms with Gasteiger partial charge in [-0.15, -0.1) is 11.8 Å². The van der Waals surface area contributed by atoms with Gasteiger partial charge in [-0.3, -0.25) is 14.9 Å². The highest BCUT2D eigenvalue weighted by Crippen LogP contribution is 2.25. The first-order valence-corrected chi connectivity index (χ1v) is 8.74. The third kappa shape index (κ3) is 3.34. The van der Waals surface area contributed by atoms with Crippen molar-refractivity contribution in [2.24, 2.45) is 7.05 Å². The van der Waals surface area contributed by atoms with Gasteiger partial charge in [0.15, 0.2) is 0 Å². The average molecular weight is 356 g/mol. The number of hydrogen-bond acceptors (Lipinski definition) is 5. The molecule has 0 atom stereocenters. The fourth-order valence-corrected chi connectivity index (χ4v) is 3.03. The van der Waals surface area contributed by atoms with Crippen LogP contribution in [0.3, 0.4) is 0 Å². The molecule has 0 spiro atoms. The third-order valence-corrected chi connectivity index (χ3v) is 4.66. The lowest BCUT2D eigenvalue weighted by Crippen LogP contribution is -2.25. The number of nitrogens with one attached hydrogen (secondary N) is 1. The zero-order valence-corrected chi connectivity index (χ0v) is 14.5. The van der Waals surface area contributed by atoms with Gasteiger partial charge in [0.2, 0.25) is 0 Å². The Balaban J connectivity index is 1.84. The van der Waals surface area contributed by atoms with E-state index in [2.05, 4.69) is 10.3 Å². The maximum atomic E-state index is 12.5. The number of carbonyl (C=O) groups excluding carboxylic acids is 1. The monoisotopic (exact) mass is 356 g/mol. The SMILES string of the molecule is CSc1ccc([N+](=O)[O-])c(C(=O)NCc2nc3ccccc3n2C)c1. The van der Waals surface area contributed by atoms with Gasteiger partial charge in [-0.2, -0.15) is 0 Å². The molecule has 0 radical (unpaired) electrons. The molecule has 1 aromatic heterocycles. The zero-order chi connectivity index (χ0) is 18.0. The Bertz CT molecular complexity index is 968. The quantitative estimate of drug-likeness (QED) is 0.431. The number of nitrogens with zero attached hydrogens (tertiary/aromatic N) is 3. The fraction of sp³-hybridized carbons (Fsp3) is 0.176. The van der Waals surface area contributed by atoms with Crippen LogP contribution in [-0.2, 0) is 13.6 Å². The Kier molecular flexibility index (Phi) is 4.71. The van der Waals surface area contributed by atoms with E-state index in [4.69, 9.17) is 0 Å². The fourth-order valence-electron chi connectivity index (χ4n) is 2.59. The molecule has 0 aliphatic rings. The van der Waals surface area contributed by atoms with E-state index < -0.39 is 10.8 Å². The van der Waals surface area contributed by atoms with Crippen molar-refractivity contribution in [2.45, 2.75) is 11.4 Å². The van der Waals surface area contributed by atoms with Crippen LogP contribution in [0.15, 0.2) is 47.4 Å². The van der Waals surface area contributed by atoms with Crippen LogP contribution in [0.1, 0.15) is 16.2 Å². The summed E-state index contributed by atoms with van der Waals surface area (Å²) < 4.78 is 1.89. The van der Waals surface area contributed by atoms with E-state index in [0.717, 1.165) is 15.9 Å². The second kappa shape index (κ2) is 6.94. The summed E-state index contributed by atoms with van der Waals surface area (Å²) in [5.74, 6) is 0.188. The summed E-state index contributed by atoms with van der Waals surface area (Å²) in [6.45, 7) is 0.185. The molecule has 2 aromatic carbocycles. The Hall–Kier alpha value is -2.87. The molecule has 1 N–H and O–H groups in total. The van der Waals surface area contributed by atoms with Crippen LogP contribution >= 0.6 is 11.8 Å². The van der Waals surface area contributed by atoms with Crippen LogP contribution in [0, 0.1) is 10.1 Å². The van der Waals surface area contributed by atoms with Gasteiger partial charge >= 0.3 is 0 Å². The van der Waals surface area contributed by atoms with Gasteiger partial charge in [-0.25, -0.2) is 4.98 Å². The predicted molar refractivity (Wildman–Crippen MR) is 96.8 cm³/mol. The van der Waals surface area contributed by atoms with E-state index >= 15 is 0 Å². The zero-order valence-electron chi connectivity index (χ0n) is 13.7. The van der Waals surface area contributed by atoms with Gasteiger partial charge in [-0.05, 0) is 30.5 Å². The van der Waals surface area contributed by atoms with Crippen LogP contribution in [0.2, 0.25) is 0 Å². The number of thioether (sulfide) groups is 1. The molecular weight excluding hydrogens is 340 g/mol. The summed E-state index contributed by atoms with van der Waals surface area (Å²) in [7, 11) is 1.87. The smallest absolute Gasteiger partial charge is 0.282 e. The number of nitro benzene ring substituents is 1. The van der Waals surface area contributed by atoms with Crippen molar-refractivity contribution < 1.29 is 9.72 Å². The van der Waals surface area contributed by atoms with Gasteiger partial charge in [0, 0.05) is 18.0 Å². The maximum Gasteiger partial charge on any atom is 0.282 e. The van der Waals surface area contributed by atoms with Crippen molar-refractivity contribution >= 4 is 34.4 Å². The minimum Gasteiger partial charge on any atom is -0.345 e. The summed E-state index contributed by atoms with van der Waals surface area (Å²) in [6, 6.07) is 12.2. The first kappa shape index (κ1) is 17.0. The molecule has 0 bridgehead atoms. The molecule has 0 unspecified atom stereocenters. The highest BCUT2D eigenvalue weighted by molar-refractivity contribution is 7.98. The summed E-state index contributed by atoms with van der Waals surface area (Å²) in [5.41, 5.74) is 1.64. The van der Waals surface area contributed by atoms with Crippen molar-refractivity contribution in [3.05, 3.63) is 64.0 Å². The molecule has 7 nitrogen and oxygen atoms in total. The average Bonchev–Trinajstić information content (AvgIpc) is 2.95. The lowest BCUT2D eigenvalue weighted by Gasteiger charge is -2.07. The van der Waals surface area contributed by atoms with Crippen molar-refractivity contribution in [2.75, 3.05) is 6.26 Å². The van der Waals surface area contributed by atoms with E-state index in [1.54, 1.807) is 6.07 Å². The molecule has 1 amide bonds. The minimum absolute atomic E-state index is 0.0515. The number of nitro groups is 1. The normalized spacial score (nSPS) is 10.8. The number of amides is 1. The number of carbonyl (C=O) groups is 1. The van der Waals surface area contributed by atoms with Gasteiger partial charge in [-0.1, -0.05) is 12.1 Å². The number of aryl methyl sites for hydroxylation is 1. The van der Waals surface area contributed by atoms with Crippen LogP contribution in [0.25, 0.3) is 11.0 Å². The first-order chi connectivity index (χ1) is 12.0. The molecule has 0 aliphatic heterocycles. The topological polar surface area (TPSA) is 90.1 Å². The lowest BCUT2D eigenvalue weighted by molar-refractivity contribution is -0.385. The highest BCUT2D eigenvalue weighted by Gasteiger charge is 2.21. The minimum atomic E-state index is -0.548. The molecule has 0 aliphatic carbocycles. The standard InChI is InChI=1S/C17H16N4O3S/c1-20-15-6-4-3-5-13(15)19-16(20)10-18-17(22)12-9-11(25-2)7-8-14(12)21(23)24/h3-9H,10H2,1-2H3,(H,18,22). The second-order valence-corrected chi connectivity index (χ2v) is 6.28. The Labute approximate surface area is 148 Å². The number of aromatic nitrogens is 2. The van der Waals surface area contributed by atoms with Crippen molar-refractivity contribution in [3.63, 3.8) is 0 Å². The molecule has 1 heterocycles. The molecular formula is C17H16N4O3S. The van der Waals surface area contributed by atoms with Crippen molar-refractivity contribution in [3.8, 4) is 0 Å². The molecule has 0 fully saturated rings. The summed E-state index contributed by atoms with van der Waals surface area (Å²) in [6.07, 6.45) is 1.85. The molecule has 8 heteroatoms. The lowest BCUT2D eigenvalue weighted by atomic mass is 10.1.